The van der Waals surface area contributed by atoms with Crippen LogP contribution in [-0.2, 0) is 9.78 Å². The van der Waals surface area contributed by atoms with Gasteiger partial charge < -0.3 is 10.2 Å². The van der Waals surface area contributed by atoms with E-state index in [1.165, 1.54) is 0 Å². The van der Waals surface area contributed by atoms with Gasteiger partial charge in [0.25, 0.3) is 0 Å². The van der Waals surface area contributed by atoms with Crippen LogP contribution in [0.25, 0.3) is 0 Å². The van der Waals surface area contributed by atoms with Crippen molar-refractivity contribution in [3.8, 4) is 0 Å². The first-order valence-corrected chi connectivity index (χ1v) is 8.01. The zero-order valence-corrected chi connectivity index (χ0v) is 14.1. The summed E-state index contributed by atoms with van der Waals surface area (Å²) in [5, 5.41) is 19.3. The molecule has 0 radical (unpaired) electrons. The Hall–Kier alpha value is -0.160. The Morgan fingerprint density at radius 3 is 1.10 bits per heavy atom. The second-order valence-corrected chi connectivity index (χ2v) is 6.05. The molecule has 0 saturated carbocycles. The summed E-state index contributed by atoms with van der Waals surface area (Å²) in [6.45, 7) is 11.7. The van der Waals surface area contributed by atoms with Crippen LogP contribution in [0.2, 0.25) is 0 Å². The molecular formula is C16H34O4. The molecule has 0 aliphatic rings. The van der Waals surface area contributed by atoms with E-state index < -0.39 is 23.4 Å². The highest BCUT2D eigenvalue weighted by molar-refractivity contribution is 4.82. The fourth-order valence-corrected chi connectivity index (χ4v) is 2.63. The Balaban J connectivity index is 4.86. The van der Waals surface area contributed by atoms with Crippen LogP contribution < -0.4 is 0 Å². The van der Waals surface area contributed by atoms with Crippen molar-refractivity contribution in [2.45, 2.75) is 103 Å². The average Bonchev–Trinajstić information content (AvgIpc) is 2.41. The monoisotopic (exact) mass is 290 g/mol. The van der Waals surface area contributed by atoms with E-state index in [9.17, 15) is 10.2 Å². The van der Waals surface area contributed by atoms with Gasteiger partial charge in [0, 0.05) is 12.8 Å². The smallest absolute Gasteiger partial charge is 0.105 e. The summed E-state index contributed by atoms with van der Waals surface area (Å²) in [6.07, 6.45) is 3.40. The van der Waals surface area contributed by atoms with Gasteiger partial charge in [-0.25, -0.2) is 9.78 Å². The number of hydrogen-bond donors (Lipinski definition) is 2. The summed E-state index contributed by atoms with van der Waals surface area (Å²) >= 11 is 0. The summed E-state index contributed by atoms with van der Waals surface area (Å²) in [5.74, 6) is 0. The summed E-state index contributed by atoms with van der Waals surface area (Å²) in [4.78, 5) is 11.6. The quantitative estimate of drug-likeness (QED) is 0.451. The van der Waals surface area contributed by atoms with E-state index in [2.05, 4.69) is 0 Å². The average molecular weight is 290 g/mol. The molecule has 2 N–H and O–H groups in total. The van der Waals surface area contributed by atoms with E-state index in [1.54, 1.807) is 13.8 Å². The third-order valence-corrected chi connectivity index (χ3v) is 4.31. The van der Waals surface area contributed by atoms with Crippen molar-refractivity contribution < 1.29 is 20.0 Å². The molecule has 0 aromatic rings. The van der Waals surface area contributed by atoms with Crippen LogP contribution in [0.5, 0.6) is 0 Å². The Kier molecular flexibility index (Phi) is 8.91. The van der Waals surface area contributed by atoms with Crippen LogP contribution in [0.1, 0.15) is 80.1 Å². The zero-order valence-electron chi connectivity index (χ0n) is 14.1. The molecule has 0 heterocycles. The lowest BCUT2D eigenvalue weighted by molar-refractivity contribution is -0.422. The zero-order chi connectivity index (χ0) is 15.8. The van der Waals surface area contributed by atoms with Gasteiger partial charge in [-0.2, -0.15) is 0 Å². The normalized spacial score (nSPS) is 16.2. The Bertz CT molecular complexity index is 217. The fraction of sp³-hybridized carbons (Fsp3) is 1.00. The summed E-state index contributed by atoms with van der Waals surface area (Å²) < 4.78 is 0. The lowest BCUT2D eigenvalue weighted by Crippen LogP contribution is -2.42. The highest BCUT2D eigenvalue weighted by atomic mass is 17.2. The van der Waals surface area contributed by atoms with E-state index >= 15 is 0 Å². The second kappa shape index (κ2) is 8.98. The van der Waals surface area contributed by atoms with Gasteiger partial charge in [-0.15, -0.1) is 0 Å². The van der Waals surface area contributed by atoms with E-state index in [4.69, 9.17) is 9.78 Å². The summed E-state index contributed by atoms with van der Waals surface area (Å²) in [7, 11) is 0. The highest BCUT2D eigenvalue weighted by Crippen LogP contribution is 2.33. The first kappa shape index (κ1) is 19.8. The molecule has 0 rings (SSSR count). The largest absolute Gasteiger partial charge is 0.393 e. The first-order chi connectivity index (χ1) is 9.28. The third kappa shape index (κ3) is 6.08. The van der Waals surface area contributed by atoms with Gasteiger partial charge >= 0.3 is 0 Å². The van der Waals surface area contributed by atoms with E-state index in [-0.39, 0.29) is 0 Å². The Morgan fingerprint density at radius 2 is 0.950 bits per heavy atom. The van der Waals surface area contributed by atoms with E-state index in [0.717, 1.165) is 25.7 Å². The maximum atomic E-state index is 9.66. The number of rotatable bonds is 11. The molecule has 4 nitrogen and oxygen atoms in total. The summed E-state index contributed by atoms with van der Waals surface area (Å²) in [6, 6.07) is 0. The molecule has 0 bridgehead atoms. The number of aliphatic hydroxyl groups excluding tert-OH is 2. The lowest BCUT2D eigenvalue weighted by Gasteiger charge is -2.38. The maximum Gasteiger partial charge on any atom is 0.105 e. The predicted molar refractivity (Wildman–Crippen MR) is 81.4 cm³/mol. The van der Waals surface area contributed by atoms with Gasteiger partial charge in [0.15, 0.2) is 0 Å². The molecule has 0 aromatic heterocycles. The minimum absolute atomic E-state index is 0.423. The Labute approximate surface area is 124 Å². The minimum Gasteiger partial charge on any atom is -0.393 e. The molecule has 0 spiro atoms. The van der Waals surface area contributed by atoms with Crippen LogP contribution in [-0.4, -0.2) is 33.6 Å². The van der Waals surface area contributed by atoms with E-state index in [1.807, 2.05) is 27.7 Å². The third-order valence-electron chi connectivity index (χ3n) is 4.31. The van der Waals surface area contributed by atoms with Crippen molar-refractivity contribution in [3.63, 3.8) is 0 Å². The molecule has 2 unspecified atom stereocenters. The van der Waals surface area contributed by atoms with Crippen LogP contribution >= 0.6 is 0 Å². The van der Waals surface area contributed by atoms with Crippen molar-refractivity contribution in [1.29, 1.82) is 0 Å². The lowest BCUT2D eigenvalue weighted by atomic mass is 9.90. The van der Waals surface area contributed by atoms with Crippen molar-refractivity contribution in [3.05, 3.63) is 0 Å². The van der Waals surface area contributed by atoms with Crippen molar-refractivity contribution in [2.24, 2.45) is 0 Å². The predicted octanol–water partition coefficient (Wildman–Crippen LogP) is 3.59. The van der Waals surface area contributed by atoms with Gasteiger partial charge in [0.1, 0.15) is 11.2 Å². The SMILES string of the molecule is CCC(CC)(CC(C)O)OOC(CC)(CC)CC(C)O. The van der Waals surface area contributed by atoms with Crippen LogP contribution in [0.15, 0.2) is 0 Å². The molecule has 0 saturated heterocycles. The number of hydrogen-bond acceptors (Lipinski definition) is 4. The molecular weight excluding hydrogens is 256 g/mol. The topological polar surface area (TPSA) is 58.9 Å². The maximum absolute atomic E-state index is 9.66. The van der Waals surface area contributed by atoms with Crippen LogP contribution in [0, 0.1) is 0 Å². The summed E-state index contributed by atoms with van der Waals surface area (Å²) in [5.41, 5.74) is -0.912. The molecule has 20 heavy (non-hydrogen) atoms. The van der Waals surface area contributed by atoms with Crippen molar-refractivity contribution in [1.82, 2.24) is 0 Å². The molecule has 0 fully saturated rings. The molecule has 0 aromatic carbocycles. The van der Waals surface area contributed by atoms with Crippen LogP contribution in [0.3, 0.4) is 0 Å². The molecule has 0 amide bonds. The second-order valence-electron chi connectivity index (χ2n) is 6.05. The Morgan fingerprint density at radius 1 is 0.700 bits per heavy atom. The van der Waals surface area contributed by atoms with Gasteiger partial charge in [0.05, 0.1) is 12.2 Å². The van der Waals surface area contributed by atoms with Gasteiger partial charge in [-0.1, -0.05) is 27.7 Å². The molecule has 4 heteroatoms. The fourth-order valence-electron chi connectivity index (χ4n) is 2.63. The first-order valence-electron chi connectivity index (χ1n) is 8.01. The number of aliphatic hydroxyl groups is 2. The van der Waals surface area contributed by atoms with Crippen molar-refractivity contribution in [2.75, 3.05) is 0 Å². The van der Waals surface area contributed by atoms with Crippen molar-refractivity contribution >= 4 is 0 Å². The molecule has 122 valence electrons. The molecule has 2 atom stereocenters. The molecule has 0 aliphatic carbocycles. The highest BCUT2D eigenvalue weighted by Gasteiger charge is 2.36. The van der Waals surface area contributed by atoms with Crippen LogP contribution in [0.4, 0.5) is 0 Å². The molecule has 0 aliphatic heterocycles. The van der Waals surface area contributed by atoms with Gasteiger partial charge in [-0.05, 0) is 39.5 Å². The van der Waals surface area contributed by atoms with Gasteiger partial charge in [-0.3, -0.25) is 0 Å². The minimum atomic E-state index is -0.456. The standard InChI is InChI=1S/C16H34O4/c1-7-15(8-2,11-13(5)17)19-20-16(9-3,10-4)12-14(6)18/h13-14,17-18H,7-12H2,1-6H3. The van der Waals surface area contributed by atoms with Gasteiger partial charge in [0.2, 0.25) is 0 Å². The van der Waals surface area contributed by atoms with E-state index in [0.29, 0.717) is 12.8 Å².